The maximum Gasteiger partial charge on any atom is 0.416 e. The van der Waals surface area contributed by atoms with Crippen molar-refractivity contribution in [2.75, 3.05) is 12.0 Å². The molecule has 0 spiro atoms. The zero-order chi connectivity index (χ0) is 32.6. The van der Waals surface area contributed by atoms with Gasteiger partial charge in [-0.05, 0) is 71.6 Å². The Morgan fingerprint density at radius 3 is 1.84 bits per heavy atom. The van der Waals surface area contributed by atoms with E-state index in [1.54, 1.807) is 18.2 Å². The molecule has 0 unspecified atom stereocenters. The summed E-state index contributed by atoms with van der Waals surface area (Å²) in [5.41, 5.74) is -3.79. The van der Waals surface area contributed by atoms with Crippen LogP contribution in [0.5, 0.6) is 11.5 Å². The van der Waals surface area contributed by atoms with Gasteiger partial charge < -0.3 is 14.7 Å². The number of ether oxygens (including phenoxy) is 1. The van der Waals surface area contributed by atoms with Crippen molar-refractivity contribution >= 4 is 11.5 Å². The Morgan fingerprint density at radius 2 is 1.34 bits per heavy atom. The first kappa shape index (κ1) is 32.5. The number of halogens is 9. The smallest absolute Gasteiger partial charge is 0.416 e. The Morgan fingerprint density at radius 1 is 0.727 bits per heavy atom. The van der Waals surface area contributed by atoms with Gasteiger partial charge in [0.2, 0.25) is 0 Å². The Hall–Kier alpha value is -4.42. The molecule has 0 atom stereocenters. The van der Waals surface area contributed by atoms with Crippen molar-refractivity contribution in [2.45, 2.75) is 44.8 Å². The van der Waals surface area contributed by atoms with Crippen molar-refractivity contribution in [3.8, 4) is 22.6 Å². The predicted molar refractivity (Wildman–Crippen MR) is 146 cm³/mol. The Bertz CT molecular complexity index is 1600. The van der Waals surface area contributed by atoms with Gasteiger partial charge in [-0.25, -0.2) is 4.98 Å². The highest BCUT2D eigenvalue weighted by atomic mass is 19.4. The molecule has 234 valence electrons. The van der Waals surface area contributed by atoms with E-state index in [0.29, 0.717) is 17.7 Å². The van der Waals surface area contributed by atoms with Crippen LogP contribution >= 0.6 is 0 Å². The van der Waals surface area contributed by atoms with Gasteiger partial charge in [0, 0.05) is 17.7 Å². The van der Waals surface area contributed by atoms with Crippen molar-refractivity contribution in [3.05, 3.63) is 101 Å². The second kappa shape index (κ2) is 11.9. The molecule has 1 aromatic heterocycles. The fourth-order valence-electron chi connectivity index (χ4n) is 4.57. The van der Waals surface area contributed by atoms with Crippen molar-refractivity contribution in [2.24, 2.45) is 0 Å². The van der Waals surface area contributed by atoms with Crippen LogP contribution in [0.15, 0.2) is 72.9 Å². The van der Waals surface area contributed by atoms with E-state index in [4.69, 9.17) is 4.74 Å². The molecule has 1 N–H and O–H groups in total. The largest absolute Gasteiger partial charge is 0.506 e. The second-order valence-corrected chi connectivity index (χ2v) is 10.2. The lowest BCUT2D eigenvalue weighted by molar-refractivity contribution is -0.143. The minimum absolute atomic E-state index is 0.0154. The number of methoxy groups -OCH3 is 1. The number of hydrogen-bond acceptors (Lipinski definition) is 4. The van der Waals surface area contributed by atoms with Crippen molar-refractivity contribution in [1.82, 2.24) is 4.98 Å². The van der Waals surface area contributed by atoms with Crippen LogP contribution in [-0.4, -0.2) is 17.2 Å². The number of alkyl halides is 9. The molecule has 0 saturated heterocycles. The first-order valence-electron chi connectivity index (χ1n) is 13.0. The highest BCUT2D eigenvalue weighted by Crippen LogP contribution is 2.45. The van der Waals surface area contributed by atoms with Gasteiger partial charge >= 0.3 is 18.5 Å². The Balaban J connectivity index is 2.04. The maximum atomic E-state index is 14.0. The van der Waals surface area contributed by atoms with Gasteiger partial charge in [0.05, 0.1) is 35.7 Å². The lowest BCUT2D eigenvalue weighted by atomic mass is 9.94. The predicted octanol–water partition coefficient (Wildman–Crippen LogP) is 9.98. The Labute approximate surface area is 246 Å². The molecule has 0 amide bonds. The molecule has 0 bridgehead atoms. The van der Waals surface area contributed by atoms with Crippen LogP contribution in [0.4, 0.5) is 51.0 Å². The molecule has 0 aliphatic carbocycles. The fraction of sp³-hybridized carbons (Fsp3) is 0.258. The van der Waals surface area contributed by atoms with E-state index in [1.807, 2.05) is 13.8 Å². The first-order valence-corrected chi connectivity index (χ1v) is 13.0. The molecule has 0 radical (unpaired) electrons. The van der Waals surface area contributed by atoms with Crippen LogP contribution in [0.25, 0.3) is 11.1 Å². The molecule has 13 heteroatoms. The van der Waals surface area contributed by atoms with E-state index in [2.05, 4.69) is 4.98 Å². The summed E-state index contributed by atoms with van der Waals surface area (Å²) in [6, 6.07) is 11.0. The summed E-state index contributed by atoms with van der Waals surface area (Å²) >= 11 is 0. The van der Waals surface area contributed by atoms with Crippen molar-refractivity contribution in [1.29, 1.82) is 0 Å². The second-order valence-electron chi connectivity index (χ2n) is 10.2. The number of rotatable bonds is 7. The quantitative estimate of drug-likeness (QED) is 0.207. The zero-order valence-corrected chi connectivity index (χ0v) is 23.4. The monoisotopic (exact) mass is 628 g/mol. The number of nitrogens with zero attached hydrogens (tertiary/aromatic N) is 2. The van der Waals surface area contributed by atoms with E-state index in [-0.39, 0.29) is 40.6 Å². The lowest BCUT2D eigenvalue weighted by Crippen LogP contribution is -2.21. The fourth-order valence-corrected chi connectivity index (χ4v) is 4.57. The van der Waals surface area contributed by atoms with E-state index < -0.39 is 47.3 Å². The molecule has 0 aliphatic heterocycles. The van der Waals surface area contributed by atoms with Crippen molar-refractivity contribution < 1.29 is 49.4 Å². The molecule has 0 fully saturated rings. The molecular weight excluding hydrogens is 603 g/mol. The zero-order valence-electron chi connectivity index (χ0n) is 23.4. The highest BCUT2D eigenvalue weighted by molar-refractivity contribution is 5.86. The minimum Gasteiger partial charge on any atom is -0.506 e. The number of anilines is 2. The van der Waals surface area contributed by atoms with Gasteiger partial charge in [0.15, 0.2) is 0 Å². The number of aromatic nitrogens is 1. The average Bonchev–Trinajstić information content (AvgIpc) is 2.94. The maximum absolute atomic E-state index is 14.0. The van der Waals surface area contributed by atoms with Gasteiger partial charge in [-0.15, -0.1) is 0 Å². The summed E-state index contributed by atoms with van der Waals surface area (Å²) in [4.78, 5) is 5.08. The van der Waals surface area contributed by atoms with E-state index >= 15 is 0 Å². The minimum atomic E-state index is -5.15. The summed E-state index contributed by atoms with van der Waals surface area (Å²) in [6.07, 6.45) is -14.2. The molecule has 1 heterocycles. The number of hydrogen-bond donors (Lipinski definition) is 1. The summed E-state index contributed by atoms with van der Waals surface area (Å²) in [6.45, 7) is 3.01. The number of benzene rings is 3. The lowest BCUT2D eigenvalue weighted by Gasteiger charge is -2.29. The van der Waals surface area contributed by atoms with Crippen molar-refractivity contribution in [3.63, 3.8) is 0 Å². The van der Waals surface area contributed by atoms with E-state index in [0.717, 1.165) is 40.9 Å². The molecule has 3 aromatic carbocycles. The van der Waals surface area contributed by atoms with Crippen LogP contribution in [0.3, 0.4) is 0 Å². The molecule has 44 heavy (non-hydrogen) atoms. The summed E-state index contributed by atoms with van der Waals surface area (Å²) < 4.78 is 129. The number of pyridine rings is 1. The molecule has 4 aromatic rings. The molecule has 4 rings (SSSR count). The standard InChI is InChI=1S/C31H25F9N2O2/c1-17(2)19-4-8-27(44-3)25(12-19)24-7-5-20(29(32,33)34)14-26(24)42(28-9-6-23(43)15-41-28)16-18-10-21(30(35,36)37)13-22(11-18)31(38,39)40/h4-15,17,43H,16H2,1-3H3. The van der Waals surface area contributed by atoms with Gasteiger partial charge in [-0.3, -0.25) is 0 Å². The van der Waals surface area contributed by atoms with Crippen LogP contribution in [0, 0.1) is 0 Å². The summed E-state index contributed by atoms with van der Waals surface area (Å²) in [7, 11) is 1.35. The van der Waals surface area contributed by atoms with Crippen LogP contribution in [-0.2, 0) is 25.1 Å². The first-order chi connectivity index (χ1) is 20.4. The Kier molecular flexibility index (Phi) is 8.81. The third-order valence-corrected chi connectivity index (χ3v) is 6.79. The topological polar surface area (TPSA) is 45.6 Å². The molecule has 0 aliphatic rings. The average molecular weight is 629 g/mol. The number of aromatic hydroxyl groups is 1. The van der Waals surface area contributed by atoms with Crippen LogP contribution < -0.4 is 9.64 Å². The highest BCUT2D eigenvalue weighted by Gasteiger charge is 2.37. The summed E-state index contributed by atoms with van der Waals surface area (Å²) in [5, 5.41) is 9.79. The van der Waals surface area contributed by atoms with Gasteiger partial charge in [-0.2, -0.15) is 39.5 Å². The molecule has 4 nitrogen and oxygen atoms in total. The van der Waals surface area contributed by atoms with E-state index in [9.17, 15) is 44.6 Å². The van der Waals surface area contributed by atoms with E-state index in [1.165, 1.54) is 13.2 Å². The van der Waals surface area contributed by atoms with Crippen LogP contribution in [0.1, 0.15) is 47.6 Å². The normalized spacial score (nSPS) is 12.5. The summed E-state index contributed by atoms with van der Waals surface area (Å²) in [5.74, 6) is -0.248. The molecular formula is C31H25F9N2O2. The van der Waals surface area contributed by atoms with Gasteiger partial charge in [-0.1, -0.05) is 26.0 Å². The van der Waals surface area contributed by atoms with Gasteiger partial charge in [0.1, 0.15) is 17.3 Å². The van der Waals surface area contributed by atoms with Crippen LogP contribution in [0.2, 0.25) is 0 Å². The third-order valence-electron chi connectivity index (χ3n) is 6.79. The van der Waals surface area contributed by atoms with Gasteiger partial charge in [0.25, 0.3) is 0 Å². The SMILES string of the molecule is COc1ccc(C(C)C)cc1-c1ccc(C(F)(F)F)cc1N(Cc1cc(C(F)(F)F)cc(C(F)(F)F)c1)c1ccc(O)cn1. The molecule has 0 saturated carbocycles. The third kappa shape index (κ3) is 7.20.